The van der Waals surface area contributed by atoms with Crippen molar-refractivity contribution in [1.29, 1.82) is 0 Å². The monoisotopic (exact) mass is 238 g/mol. The maximum absolute atomic E-state index is 6.13. The van der Waals surface area contributed by atoms with Gasteiger partial charge >= 0.3 is 0 Å². The largest absolute Gasteiger partial charge is 0.381 e. The Bertz CT molecular complexity index is 367. The fourth-order valence-corrected chi connectivity index (χ4v) is 2.64. The fourth-order valence-electron chi connectivity index (χ4n) is 2.34. The first kappa shape index (κ1) is 11.9. The van der Waals surface area contributed by atoms with E-state index in [0.29, 0.717) is 5.88 Å². The van der Waals surface area contributed by atoms with Gasteiger partial charge in [0.2, 0.25) is 0 Å². The van der Waals surface area contributed by atoms with Gasteiger partial charge in [0.15, 0.2) is 0 Å². The van der Waals surface area contributed by atoms with E-state index in [4.69, 9.17) is 16.3 Å². The first-order valence-electron chi connectivity index (χ1n) is 5.85. The van der Waals surface area contributed by atoms with Crippen molar-refractivity contribution >= 4 is 11.6 Å². The van der Waals surface area contributed by atoms with Crippen molar-refractivity contribution in [3.63, 3.8) is 0 Å². The standard InChI is InChI=1S/C14H19ClO/c1-11-3-4-12(2)13(7-11)8-14(9-15)5-6-16-10-14/h3-4,7H,5-6,8-10H2,1-2H3. The van der Waals surface area contributed by atoms with Gasteiger partial charge in [-0.05, 0) is 37.8 Å². The quantitative estimate of drug-likeness (QED) is 0.733. The van der Waals surface area contributed by atoms with E-state index >= 15 is 0 Å². The minimum atomic E-state index is 0.167. The predicted octanol–water partition coefficient (Wildman–Crippen LogP) is 3.49. The van der Waals surface area contributed by atoms with Gasteiger partial charge in [0, 0.05) is 17.9 Å². The topological polar surface area (TPSA) is 9.23 Å². The summed E-state index contributed by atoms with van der Waals surface area (Å²) in [7, 11) is 0. The van der Waals surface area contributed by atoms with Gasteiger partial charge < -0.3 is 4.74 Å². The van der Waals surface area contributed by atoms with Gasteiger partial charge in [0.25, 0.3) is 0 Å². The van der Waals surface area contributed by atoms with Gasteiger partial charge in [-0.25, -0.2) is 0 Å². The highest BCUT2D eigenvalue weighted by molar-refractivity contribution is 6.18. The number of ether oxygens (including phenoxy) is 1. The summed E-state index contributed by atoms with van der Waals surface area (Å²) in [5.74, 6) is 0.695. The number of hydrogen-bond donors (Lipinski definition) is 0. The molecule has 0 aromatic heterocycles. The van der Waals surface area contributed by atoms with Gasteiger partial charge in [0.1, 0.15) is 0 Å². The molecule has 0 radical (unpaired) electrons. The Hall–Kier alpha value is -0.530. The first-order valence-corrected chi connectivity index (χ1v) is 6.38. The van der Waals surface area contributed by atoms with Gasteiger partial charge in [-0.3, -0.25) is 0 Å². The van der Waals surface area contributed by atoms with E-state index in [1.807, 2.05) is 0 Å². The lowest BCUT2D eigenvalue weighted by Gasteiger charge is -2.25. The van der Waals surface area contributed by atoms with Crippen molar-refractivity contribution < 1.29 is 4.74 Å². The third-order valence-corrected chi connectivity index (χ3v) is 4.11. The van der Waals surface area contributed by atoms with E-state index in [0.717, 1.165) is 26.1 Å². The Labute approximate surface area is 103 Å². The van der Waals surface area contributed by atoms with Crippen LogP contribution in [0.2, 0.25) is 0 Å². The Balaban J connectivity index is 2.21. The molecule has 0 aliphatic carbocycles. The molecular formula is C14H19ClO. The third-order valence-electron chi connectivity index (χ3n) is 3.54. The number of halogens is 1. The molecule has 88 valence electrons. The molecule has 0 bridgehead atoms. The van der Waals surface area contributed by atoms with Gasteiger partial charge in [0.05, 0.1) is 6.61 Å². The van der Waals surface area contributed by atoms with Crippen molar-refractivity contribution in [2.45, 2.75) is 26.7 Å². The molecule has 1 heterocycles. The third kappa shape index (κ3) is 2.41. The van der Waals surface area contributed by atoms with Crippen molar-refractivity contribution in [2.24, 2.45) is 5.41 Å². The molecule has 0 N–H and O–H groups in total. The van der Waals surface area contributed by atoms with Crippen LogP contribution in [0.4, 0.5) is 0 Å². The van der Waals surface area contributed by atoms with Crippen molar-refractivity contribution in [3.8, 4) is 0 Å². The van der Waals surface area contributed by atoms with E-state index in [1.165, 1.54) is 16.7 Å². The normalized spacial score (nSPS) is 24.9. The first-order chi connectivity index (χ1) is 7.65. The van der Waals surface area contributed by atoms with Gasteiger partial charge in [-0.1, -0.05) is 23.8 Å². The lowest BCUT2D eigenvalue weighted by molar-refractivity contribution is 0.161. The van der Waals surface area contributed by atoms with Gasteiger partial charge in [-0.2, -0.15) is 0 Å². The summed E-state index contributed by atoms with van der Waals surface area (Å²) < 4.78 is 5.51. The minimum Gasteiger partial charge on any atom is -0.381 e. The molecule has 1 saturated heterocycles. The van der Waals surface area contributed by atoms with Crippen LogP contribution in [0.3, 0.4) is 0 Å². The number of hydrogen-bond acceptors (Lipinski definition) is 1. The molecule has 16 heavy (non-hydrogen) atoms. The summed E-state index contributed by atoms with van der Waals surface area (Å²) in [6.07, 6.45) is 2.13. The van der Waals surface area contributed by atoms with Crippen molar-refractivity contribution in [3.05, 3.63) is 34.9 Å². The van der Waals surface area contributed by atoms with Crippen LogP contribution in [0, 0.1) is 19.3 Å². The molecule has 1 aromatic rings. The highest BCUT2D eigenvalue weighted by atomic mass is 35.5. The molecule has 1 unspecified atom stereocenters. The van der Waals surface area contributed by atoms with E-state index in [9.17, 15) is 0 Å². The molecule has 1 nitrogen and oxygen atoms in total. The number of rotatable bonds is 3. The molecule has 2 heteroatoms. The Morgan fingerprint density at radius 1 is 1.38 bits per heavy atom. The lowest BCUT2D eigenvalue weighted by Crippen LogP contribution is -2.26. The molecular weight excluding hydrogens is 220 g/mol. The van der Waals surface area contributed by atoms with Crippen LogP contribution in [0.25, 0.3) is 0 Å². The predicted molar refractivity (Wildman–Crippen MR) is 68.2 cm³/mol. The van der Waals surface area contributed by atoms with Crippen molar-refractivity contribution in [2.75, 3.05) is 19.1 Å². The summed E-state index contributed by atoms with van der Waals surface area (Å²) in [5.41, 5.74) is 4.28. The zero-order valence-corrected chi connectivity index (χ0v) is 10.8. The summed E-state index contributed by atoms with van der Waals surface area (Å²) in [6.45, 7) is 5.98. The van der Waals surface area contributed by atoms with E-state index in [1.54, 1.807) is 0 Å². The van der Waals surface area contributed by atoms with E-state index in [-0.39, 0.29) is 5.41 Å². The SMILES string of the molecule is Cc1ccc(C)c(CC2(CCl)CCOC2)c1. The van der Waals surface area contributed by atoms with Crippen LogP contribution in [-0.2, 0) is 11.2 Å². The molecule has 2 rings (SSSR count). The molecule has 0 saturated carbocycles. The fraction of sp³-hybridized carbons (Fsp3) is 0.571. The zero-order chi connectivity index (χ0) is 11.6. The van der Waals surface area contributed by atoms with Gasteiger partial charge in [-0.15, -0.1) is 11.6 Å². The van der Waals surface area contributed by atoms with Crippen LogP contribution in [0.5, 0.6) is 0 Å². The Morgan fingerprint density at radius 2 is 2.19 bits per heavy atom. The summed E-state index contributed by atoms with van der Waals surface area (Å²) in [4.78, 5) is 0. The molecule has 1 aliphatic rings. The number of alkyl halides is 1. The summed E-state index contributed by atoms with van der Waals surface area (Å²) in [5, 5.41) is 0. The Morgan fingerprint density at radius 3 is 2.81 bits per heavy atom. The average Bonchev–Trinajstić information content (AvgIpc) is 2.73. The smallest absolute Gasteiger partial charge is 0.0537 e. The second-order valence-corrected chi connectivity index (χ2v) is 5.31. The maximum Gasteiger partial charge on any atom is 0.0537 e. The minimum absolute atomic E-state index is 0.167. The highest BCUT2D eigenvalue weighted by Crippen LogP contribution is 2.34. The molecule has 0 amide bonds. The summed E-state index contributed by atoms with van der Waals surface area (Å²) >= 11 is 6.13. The van der Waals surface area contributed by atoms with E-state index < -0.39 is 0 Å². The number of aryl methyl sites for hydroxylation is 2. The molecule has 1 aromatic carbocycles. The van der Waals surface area contributed by atoms with Crippen LogP contribution in [0.1, 0.15) is 23.1 Å². The van der Waals surface area contributed by atoms with Crippen LogP contribution >= 0.6 is 11.6 Å². The number of benzene rings is 1. The lowest BCUT2D eigenvalue weighted by atomic mass is 9.81. The zero-order valence-electron chi connectivity index (χ0n) is 10.1. The second-order valence-electron chi connectivity index (χ2n) is 5.04. The highest BCUT2D eigenvalue weighted by Gasteiger charge is 2.34. The molecule has 1 atom stereocenters. The van der Waals surface area contributed by atoms with E-state index in [2.05, 4.69) is 32.0 Å². The Kier molecular flexibility index (Phi) is 3.56. The van der Waals surface area contributed by atoms with Crippen LogP contribution in [-0.4, -0.2) is 19.1 Å². The second kappa shape index (κ2) is 4.77. The average molecular weight is 239 g/mol. The van der Waals surface area contributed by atoms with Crippen molar-refractivity contribution in [1.82, 2.24) is 0 Å². The molecule has 1 aliphatic heterocycles. The summed E-state index contributed by atoms with van der Waals surface area (Å²) in [6, 6.07) is 6.64. The molecule has 0 spiro atoms. The van der Waals surface area contributed by atoms with Crippen LogP contribution in [0.15, 0.2) is 18.2 Å². The maximum atomic E-state index is 6.13. The molecule has 1 fully saturated rings. The van der Waals surface area contributed by atoms with Crippen LogP contribution < -0.4 is 0 Å².